The van der Waals surface area contributed by atoms with E-state index >= 15 is 0 Å². The second-order valence-electron chi connectivity index (χ2n) is 9.10. The van der Waals surface area contributed by atoms with Gasteiger partial charge in [-0.1, -0.05) is 53.7 Å². The molecule has 0 bridgehead atoms. The van der Waals surface area contributed by atoms with Gasteiger partial charge in [0.15, 0.2) is 0 Å². The van der Waals surface area contributed by atoms with Crippen LogP contribution in [0.5, 0.6) is 0 Å². The Bertz CT molecular complexity index is 1300. The molecule has 190 valence electrons. The number of nitrogens with one attached hydrogen (secondary N) is 2. The van der Waals surface area contributed by atoms with Crippen LogP contribution in [-0.4, -0.2) is 56.0 Å². The Balaban J connectivity index is 1.05. The molecule has 1 fully saturated rings. The normalized spacial score (nSPS) is 16.8. The van der Waals surface area contributed by atoms with Gasteiger partial charge in [-0.2, -0.15) is 0 Å². The fraction of sp³-hybridized carbons (Fsp3) is 0.241. The van der Waals surface area contributed by atoms with Crippen molar-refractivity contribution in [1.29, 1.82) is 0 Å². The van der Waals surface area contributed by atoms with E-state index in [-0.39, 0.29) is 11.8 Å². The van der Waals surface area contributed by atoms with Crippen molar-refractivity contribution in [2.24, 2.45) is 0 Å². The second kappa shape index (κ2) is 11.9. The number of thioether (sulfide) groups is 1. The molecule has 0 aromatic heterocycles. The molecular formula is C29H29ClN4O2S. The highest BCUT2D eigenvalue weighted by Gasteiger charge is 2.20. The van der Waals surface area contributed by atoms with Gasteiger partial charge in [0.25, 0.3) is 11.8 Å². The minimum Gasteiger partial charge on any atom is -0.369 e. The molecule has 0 radical (unpaired) electrons. The minimum absolute atomic E-state index is 0.0799. The van der Waals surface area contributed by atoms with Gasteiger partial charge in [-0.05, 0) is 67.1 Å². The van der Waals surface area contributed by atoms with Gasteiger partial charge in [0, 0.05) is 53.9 Å². The molecule has 0 spiro atoms. The van der Waals surface area contributed by atoms with Gasteiger partial charge in [0.2, 0.25) is 0 Å². The van der Waals surface area contributed by atoms with Gasteiger partial charge >= 0.3 is 0 Å². The third-order valence-electron chi connectivity index (χ3n) is 6.53. The number of anilines is 2. The molecule has 0 aliphatic carbocycles. The monoisotopic (exact) mass is 532 g/mol. The maximum atomic E-state index is 12.6. The van der Waals surface area contributed by atoms with Crippen LogP contribution in [0.25, 0.3) is 6.08 Å². The molecule has 8 heteroatoms. The number of para-hydroxylation sites is 1. The van der Waals surface area contributed by atoms with Crippen molar-refractivity contribution in [3.05, 3.63) is 93.9 Å². The predicted molar refractivity (Wildman–Crippen MR) is 152 cm³/mol. The van der Waals surface area contributed by atoms with E-state index in [0.717, 1.165) is 60.3 Å². The maximum absolute atomic E-state index is 12.6. The molecule has 3 aromatic rings. The van der Waals surface area contributed by atoms with Crippen LogP contribution in [0.15, 0.2) is 82.6 Å². The Kier molecular flexibility index (Phi) is 8.14. The first-order valence-electron chi connectivity index (χ1n) is 12.5. The number of carbonyl (C=O) groups excluding carboxylic acids is 2. The molecule has 5 rings (SSSR count). The van der Waals surface area contributed by atoms with Gasteiger partial charge < -0.3 is 15.5 Å². The van der Waals surface area contributed by atoms with Gasteiger partial charge in [0.1, 0.15) is 0 Å². The number of fused-ring (bicyclic) bond motifs is 1. The van der Waals surface area contributed by atoms with E-state index in [1.54, 1.807) is 12.1 Å². The Labute approximate surface area is 226 Å². The molecule has 3 aromatic carbocycles. The van der Waals surface area contributed by atoms with Gasteiger partial charge in [-0.3, -0.25) is 14.5 Å². The summed E-state index contributed by atoms with van der Waals surface area (Å²) in [5.74, 6) is -0.194. The van der Waals surface area contributed by atoms with Crippen LogP contribution < -0.4 is 15.5 Å². The summed E-state index contributed by atoms with van der Waals surface area (Å²) in [5.41, 5.74) is 3.50. The summed E-state index contributed by atoms with van der Waals surface area (Å²) in [5, 5.41) is 6.71. The van der Waals surface area contributed by atoms with Crippen LogP contribution in [-0.2, 0) is 4.79 Å². The largest absolute Gasteiger partial charge is 0.369 e. The molecule has 2 aliphatic rings. The topological polar surface area (TPSA) is 64.7 Å². The first-order chi connectivity index (χ1) is 18.0. The third kappa shape index (κ3) is 6.55. The van der Waals surface area contributed by atoms with Crippen LogP contribution in [0, 0.1) is 0 Å². The predicted octanol–water partition coefficient (Wildman–Crippen LogP) is 5.37. The van der Waals surface area contributed by atoms with Gasteiger partial charge in [-0.25, -0.2) is 0 Å². The van der Waals surface area contributed by atoms with Crippen molar-refractivity contribution in [1.82, 2.24) is 10.2 Å². The van der Waals surface area contributed by atoms with Gasteiger partial charge in [-0.15, -0.1) is 0 Å². The molecule has 0 saturated carbocycles. The summed E-state index contributed by atoms with van der Waals surface area (Å²) in [6.07, 6.45) is 2.75. The number of nitrogens with zero attached hydrogens (tertiary/aromatic N) is 2. The van der Waals surface area contributed by atoms with E-state index in [9.17, 15) is 9.59 Å². The van der Waals surface area contributed by atoms with Crippen LogP contribution in [0.2, 0.25) is 5.02 Å². The zero-order valence-electron chi connectivity index (χ0n) is 20.5. The average molecular weight is 533 g/mol. The SMILES string of the molecule is O=C1Nc2ccccc2S/C1=C/c1ccc(C(=O)NCCCN2CCN(c3cccc(Cl)c3)CC2)cc1. The maximum Gasteiger partial charge on any atom is 0.262 e. The minimum atomic E-state index is -0.114. The molecule has 0 atom stereocenters. The van der Waals surface area contributed by atoms with Crippen molar-refractivity contribution < 1.29 is 9.59 Å². The number of piperazine rings is 1. The zero-order chi connectivity index (χ0) is 25.6. The number of amides is 2. The first kappa shape index (κ1) is 25.4. The number of carbonyl (C=O) groups is 2. The molecule has 2 heterocycles. The smallest absolute Gasteiger partial charge is 0.262 e. The summed E-state index contributed by atoms with van der Waals surface area (Å²) < 4.78 is 0. The number of halogens is 1. The van der Waals surface area contributed by atoms with Crippen LogP contribution in [0.1, 0.15) is 22.3 Å². The lowest BCUT2D eigenvalue weighted by Crippen LogP contribution is -2.47. The lowest BCUT2D eigenvalue weighted by Gasteiger charge is -2.36. The summed E-state index contributed by atoms with van der Waals surface area (Å²) in [6, 6.07) is 23.1. The third-order valence-corrected chi connectivity index (χ3v) is 7.87. The molecule has 6 nitrogen and oxygen atoms in total. The summed E-state index contributed by atoms with van der Waals surface area (Å²) >= 11 is 7.58. The molecule has 2 aliphatic heterocycles. The number of hydrogen-bond donors (Lipinski definition) is 2. The van der Waals surface area contributed by atoms with Crippen LogP contribution in [0.3, 0.4) is 0 Å². The quantitative estimate of drug-likeness (QED) is 0.316. The van der Waals surface area contributed by atoms with Crippen molar-refractivity contribution >= 4 is 52.6 Å². The lowest BCUT2D eigenvalue weighted by molar-refractivity contribution is -0.112. The first-order valence-corrected chi connectivity index (χ1v) is 13.7. The Morgan fingerprint density at radius 1 is 1.00 bits per heavy atom. The van der Waals surface area contributed by atoms with Crippen LogP contribution >= 0.6 is 23.4 Å². The van der Waals surface area contributed by atoms with Crippen molar-refractivity contribution in [2.45, 2.75) is 11.3 Å². The molecule has 0 unspecified atom stereocenters. The Hall–Kier alpha value is -3.26. The second-order valence-corrected chi connectivity index (χ2v) is 10.6. The van der Waals surface area contributed by atoms with Crippen LogP contribution in [0.4, 0.5) is 11.4 Å². The van der Waals surface area contributed by atoms with E-state index in [4.69, 9.17) is 11.6 Å². The van der Waals surface area contributed by atoms with E-state index in [2.05, 4.69) is 26.5 Å². The fourth-order valence-corrected chi connectivity index (χ4v) is 5.63. The number of hydrogen-bond acceptors (Lipinski definition) is 5. The molecule has 2 amide bonds. The number of rotatable bonds is 7. The lowest BCUT2D eigenvalue weighted by atomic mass is 10.1. The van der Waals surface area contributed by atoms with Crippen molar-refractivity contribution in [3.63, 3.8) is 0 Å². The highest BCUT2D eigenvalue weighted by atomic mass is 35.5. The summed E-state index contributed by atoms with van der Waals surface area (Å²) in [6.45, 7) is 5.54. The van der Waals surface area contributed by atoms with Crippen molar-refractivity contribution in [3.8, 4) is 0 Å². The van der Waals surface area contributed by atoms with Gasteiger partial charge in [0.05, 0.1) is 10.6 Å². The summed E-state index contributed by atoms with van der Waals surface area (Å²) in [4.78, 5) is 31.5. The van der Waals surface area contributed by atoms with E-state index in [0.29, 0.717) is 17.0 Å². The zero-order valence-corrected chi connectivity index (χ0v) is 22.0. The van der Waals surface area contributed by atoms with E-state index in [1.807, 2.05) is 60.7 Å². The fourth-order valence-electron chi connectivity index (χ4n) is 4.49. The Morgan fingerprint density at radius 2 is 1.78 bits per heavy atom. The standard InChI is InChI=1S/C29H29ClN4O2S/c30-23-5-3-6-24(20-23)34-17-15-33(16-18-34)14-4-13-31-28(35)22-11-9-21(10-12-22)19-27-29(36)32-25-7-1-2-8-26(25)37-27/h1-3,5-12,19-20H,4,13-18H2,(H,31,35)(H,32,36)/b27-19+. The average Bonchev–Trinajstić information content (AvgIpc) is 2.92. The molecule has 37 heavy (non-hydrogen) atoms. The van der Waals surface area contributed by atoms with E-state index < -0.39 is 0 Å². The number of benzene rings is 3. The highest BCUT2D eigenvalue weighted by Crippen LogP contribution is 2.38. The highest BCUT2D eigenvalue weighted by molar-refractivity contribution is 8.04. The molecular weight excluding hydrogens is 504 g/mol. The molecule has 1 saturated heterocycles. The molecule has 2 N–H and O–H groups in total. The summed E-state index contributed by atoms with van der Waals surface area (Å²) in [7, 11) is 0. The van der Waals surface area contributed by atoms with Crippen molar-refractivity contribution in [2.75, 3.05) is 49.5 Å². The Morgan fingerprint density at radius 3 is 2.57 bits per heavy atom. The van der Waals surface area contributed by atoms with E-state index in [1.165, 1.54) is 17.4 Å².